The van der Waals surface area contributed by atoms with E-state index in [1.165, 1.54) is 12.3 Å². The number of amides is 1. The van der Waals surface area contributed by atoms with Crippen LogP contribution in [0.4, 0.5) is 11.5 Å². The van der Waals surface area contributed by atoms with Crippen molar-refractivity contribution in [2.24, 2.45) is 7.05 Å². The van der Waals surface area contributed by atoms with E-state index in [9.17, 15) is 14.9 Å². The molecule has 0 radical (unpaired) electrons. The first-order valence-corrected chi connectivity index (χ1v) is 5.85. The maximum Gasteiger partial charge on any atom is 0.345 e. The van der Waals surface area contributed by atoms with E-state index in [0.717, 1.165) is 10.4 Å². The molecule has 0 aromatic carbocycles. The van der Waals surface area contributed by atoms with Crippen molar-refractivity contribution in [1.82, 2.24) is 19.6 Å². The van der Waals surface area contributed by atoms with Gasteiger partial charge in [0, 0.05) is 7.05 Å². The lowest BCUT2D eigenvalue weighted by Gasteiger charge is -2.03. The van der Waals surface area contributed by atoms with Gasteiger partial charge in [-0.2, -0.15) is 5.10 Å². The van der Waals surface area contributed by atoms with E-state index in [2.05, 4.69) is 15.5 Å². The molecule has 0 unspecified atom stereocenters. The molecule has 0 bridgehead atoms. The molecule has 0 atom stereocenters. The van der Waals surface area contributed by atoms with Gasteiger partial charge in [0.25, 0.3) is 5.91 Å². The summed E-state index contributed by atoms with van der Waals surface area (Å²) in [6.07, 6.45) is 1.52. The van der Waals surface area contributed by atoms with Crippen molar-refractivity contribution < 1.29 is 9.72 Å². The van der Waals surface area contributed by atoms with Crippen molar-refractivity contribution in [1.29, 1.82) is 0 Å². The van der Waals surface area contributed by atoms with E-state index in [1.54, 1.807) is 18.7 Å². The van der Waals surface area contributed by atoms with Gasteiger partial charge in [0.05, 0.1) is 29.3 Å². The largest absolute Gasteiger partial charge is 0.358 e. The Labute approximate surface area is 114 Å². The average molecular weight is 278 g/mol. The maximum atomic E-state index is 11.9. The van der Waals surface area contributed by atoms with Crippen LogP contribution in [-0.2, 0) is 18.4 Å². The molecule has 20 heavy (non-hydrogen) atoms. The van der Waals surface area contributed by atoms with Gasteiger partial charge in [0.2, 0.25) is 0 Å². The van der Waals surface area contributed by atoms with E-state index in [0.29, 0.717) is 11.4 Å². The third-order valence-corrected chi connectivity index (χ3v) is 2.87. The minimum Gasteiger partial charge on any atom is -0.358 e. The maximum absolute atomic E-state index is 11.9. The molecule has 0 aliphatic heterocycles. The Kier molecular flexibility index (Phi) is 3.51. The van der Waals surface area contributed by atoms with Crippen molar-refractivity contribution in [2.45, 2.75) is 20.4 Å². The number of nitrogens with one attached hydrogen (secondary N) is 1. The smallest absolute Gasteiger partial charge is 0.345 e. The van der Waals surface area contributed by atoms with Crippen molar-refractivity contribution in [3.05, 3.63) is 33.8 Å². The highest BCUT2D eigenvalue weighted by atomic mass is 16.6. The van der Waals surface area contributed by atoms with Crippen LogP contribution in [0.25, 0.3) is 0 Å². The first kappa shape index (κ1) is 13.7. The molecule has 9 heteroatoms. The number of nitro groups is 1. The summed E-state index contributed by atoms with van der Waals surface area (Å²) >= 11 is 0. The summed E-state index contributed by atoms with van der Waals surface area (Å²) in [7, 11) is 1.76. The summed E-state index contributed by atoms with van der Waals surface area (Å²) in [5.41, 5.74) is 1.86. The van der Waals surface area contributed by atoms with Crippen molar-refractivity contribution in [3.8, 4) is 0 Å². The highest BCUT2D eigenvalue weighted by molar-refractivity contribution is 5.91. The molecule has 1 N–H and O–H groups in total. The van der Waals surface area contributed by atoms with Gasteiger partial charge < -0.3 is 15.4 Å². The minimum absolute atomic E-state index is 0.208. The van der Waals surface area contributed by atoms with Crippen LogP contribution in [0.5, 0.6) is 0 Å². The Balaban J connectivity index is 2.12. The molecule has 0 saturated heterocycles. The fraction of sp³-hybridized carbons (Fsp3) is 0.364. The molecular weight excluding hydrogens is 264 g/mol. The van der Waals surface area contributed by atoms with Crippen LogP contribution < -0.4 is 5.32 Å². The number of nitrogens with zero attached hydrogens (tertiary/aromatic N) is 5. The summed E-state index contributed by atoms with van der Waals surface area (Å²) in [4.78, 5) is 22.2. The number of carbonyl (C=O) groups is 1. The number of aromatic nitrogens is 4. The van der Waals surface area contributed by atoms with Gasteiger partial charge in [-0.1, -0.05) is 5.10 Å². The number of rotatable bonds is 4. The molecule has 2 heterocycles. The lowest BCUT2D eigenvalue weighted by Crippen LogP contribution is -2.20. The van der Waals surface area contributed by atoms with Gasteiger partial charge >= 0.3 is 5.82 Å². The molecular formula is C11H14N6O3. The van der Waals surface area contributed by atoms with Gasteiger partial charge in [0.15, 0.2) is 6.54 Å². The zero-order valence-corrected chi connectivity index (χ0v) is 11.3. The molecule has 0 aliphatic carbocycles. The Morgan fingerprint density at radius 1 is 1.50 bits per heavy atom. The summed E-state index contributed by atoms with van der Waals surface area (Å²) in [5, 5.41) is 21.4. The van der Waals surface area contributed by atoms with Crippen LogP contribution in [-0.4, -0.2) is 30.4 Å². The van der Waals surface area contributed by atoms with Gasteiger partial charge in [0.1, 0.15) is 0 Å². The first-order chi connectivity index (χ1) is 9.38. The average Bonchev–Trinajstić information content (AvgIpc) is 2.87. The minimum atomic E-state index is -0.567. The van der Waals surface area contributed by atoms with Crippen LogP contribution in [0.1, 0.15) is 11.4 Å². The predicted octanol–water partition coefficient (Wildman–Crippen LogP) is 0.780. The van der Waals surface area contributed by atoms with E-state index in [1.807, 2.05) is 6.92 Å². The Morgan fingerprint density at radius 3 is 2.75 bits per heavy atom. The molecule has 0 saturated carbocycles. The topological polar surface area (TPSA) is 108 Å². The van der Waals surface area contributed by atoms with E-state index >= 15 is 0 Å². The fourth-order valence-corrected chi connectivity index (χ4v) is 1.74. The molecule has 0 fully saturated rings. The zero-order chi connectivity index (χ0) is 14.9. The summed E-state index contributed by atoms with van der Waals surface area (Å²) in [6, 6.07) is 1.32. The Hall–Kier alpha value is -2.71. The van der Waals surface area contributed by atoms with Crippen LogP contribution in [0.2, 0.25) is 0 Å². The lowest BCUT2D eigenvalue weighted by molar-refractivity contribution is -0.392. The molecule has 2 rings (SSSR count). The number of hydrogen-bond acceptors (Lipinski definition) is 5. The fourth-order valence-electron chi connectivity index (χ4n) is 1.74. The Bertz CT molecular complexity index is 672. The summed E-state index contributed by atoms with van der Waals surface area (Å²) < 4.78 is 2.69. The number of hydrogen-bond donors (Lipinski definition) is 1. The van der Waals surface area contributed by atoms with Crippen LogP contribution in [0, 0.1) is 24.0 Å². The molecule has 2 aromatic heterocycles. The van der Waals surface area contributed by atoms with Crippen LogP contribution in [0.3, 0.4) is 0 Å². The molecule has 106 valence electrons. The van der Waals surface area contributed by atoms with Crippen molar-refractivity contribution in [2.75, 3.05) is 5.32 Å². The van der Waals surface area contributed by atoms with Crippen LogP contribution in [0.15, 0.2) is 12.3 Å². The highest BCUT2D eigenvalue weighted by Gasteiger charge is 2.20. The number of aryl methyl sites for hydroxylation is 2. The molecule has 9 nitrogen and oxygen atoms in total. The summed E-state index contributed by atoms with van der Waals surface area (Å²) in [5.74, 6) is -0.604. The second-order valence-corrected chi connectivity index (χ2v) is 4.37. The molecule has 0 spiro atoms. The second-order valence-electron chi connectivity index (χ2n) is 4.37. The van der Waals surface area contributed by atoms with E-state index < -0.39 is 10.8 Å². The predicted molar refractivity (Wildman–Crippen MR) is 70.2 cm³/mol. The van der Waals surface area contributed by atoms with E-state index in [-0.39, 0.29) is 12.4 Å². The molecule has 2 aromatic rings. The second kappa shape index (κ2) is 5.11. The quantitative estimate of drug-likeness (QED) is 0.656. The standard InChI is InChI=1S/C11H14N6O3/c1-7-4-11(17(19)20)16(14-7)6-10(18)13-9-5-12-15(3)8(9)2/h4-5H,6H2,1-3H3,(H,13,18). The van der Waals surface area contributed by atoms with Crippen molar-refractivity contribution >= 4 is 17.4 Å². The first-order valence-electron chi connectivity index (χ1n) is 5.85. The number of anilines is 1. The SMILES string of the molecule is Cc1cc([N+](=O)[O-])n(CC(=O)Nc2cnn(C)c2C)n1. The van der Waals surface area contributed by atoms with Gasteiger partial charge in [-0.05, 0) is 18.8 Å². The van der Waals surface area contributed by atoms with Gasteiger partial charge in [-0.15, -0.1) is 4.68 Å². The molecule has 1 amide bonds. The normalized spacial score (nSPS) is 10.6. The number of carbonyl (C=O) groups excluding carboxylic acids is 1. The third-order valence-electron chi connectivity index (χ3n) is 2.87. The van der Waals surface area contributed by atoms with E-state index in [4.69, 9.17) is 0 Å². The van der Waals surface area contributed by atoms with Crippen LogP contribution >= 0.6 is 0 Å². The zero-order valence-electron chi connectivity index (χ0n) is 11.3. The van der Waals surface area contributed by atoms with Gasteiger partial charge in [-0.3, -0.25) is 9.48 Å². The third kappa shape index (κ3) is 2.66. The lowest BCUT2D eigenvalue weighted by atomic mass is 10.4. The van der Waals surface area contributed by atoms with Crippen molar-refractivity contribution in [3.63, 3.8) is 0 Å². The summed E-state index contributed by atoms with van der Waals surface area (Å²) in [6.45, 7) is 3.22. The highest BCUT2D eigenvalue weighted by Crippen LogP contribution is 2.15. The Morgan fingerprint density at radius 2 is 2.20 bits per heavy atom. The molecule has 0 aliphatic rings. The monoisotopic (exact) mass is 278 g/mol. The van der Waals surface area contributed by atoms with Gasteiger partial charge in [-0.25, -0.2) is 0 Å².